The van der Waals surface area contributed by atoms with Crippen LogP contribution in [0.1, 0.15) is 18.4 Å². The molecule has 0 bridgehead atoms. The van der Waals surface area contributed by atoms with Crippen LogP contribution in [0.5, 0.6) is 0 Å². The van der Waals surface area contributed by atoms with E-state index in [4.69, 9.17) is 24.5 Å². The number of carboxylic acid groups (broad SMARTS) is 2. The van der Waals surface area contributed by atoms with E-state index >= 15 is 0 Å². The number of carbonyl (C=O) groups is 2. The van der Waals surface area contributed by atoms with Crippen molar-refractivity contribution in [2.75, 3.05) is 39.4 Å². The quantitative estimate of drug-likeness (QED) is 0.593. The number of pyridine rings is 1. The monoisotopic (exact) mass is 515 g/mol. The Morgan fingerprint density at radius 3 is 1.83 bits per heavy atom. The van der Waals surface area contributed by atoms with Gasteiger partial charge in [-0.05, 0) is 36.3 Å². The number of aliphatic carboxylic acids is 2. The van der Waals surface area contributed by atoms with Crippen LogP contribution in [0.3, 0.4) is 0 Å². The number of hydrogen-bond acceptors (Lipinski definition) is 6. The Labute approximate surface area is 197 Å². The molecule has 2 N–H and O–H groups in total. The second kappa shape index (κ2) is 12.5. The normalized spacial score (nSPS) is 23.5. The minimum absolute atomic E-state index is 0.788. The number of carboxylic acids is 2. The number of aromatic nitrogens is 1. The molecule has 0 unspecified atom stereocenters. The highest BCUT2D eigenvalue weighted by molar-refractivity contribution is 5.73. The molecule has 0 aromatic carbocycles. The van der Waals surface area contributed by atoms with Crippen LogP contribution in [-0.2, 0) is 20.9 Å². The van der Waals surface area contributed by atoms with E-state index in [9.17, 15) is 26.3 Å². The van der Waals surface area contributed by atoms with Crippen LogP contribution in [0.15, 0.2) is 24.5 Å². The maximum Gasteiger partial charge on any atom is 0.490 e. The van der Waals surface area contributed by atoms with Gasteiger partial charge in [0.15, 0.2) is 0 Å². The number of nitrogens with zero attached hydrogens (tertiary/aromatic N) is 3. The zero-order valence-electron chi connectivity index (χ0n) is 18.6. The Balaban J connectivity index is 0.000000257. The number of fused-ring (bicyclic) bond motifs is 1. The predicted octanol–water partition coefficient (Wildman–Crippen LogP) is 2.89. The number of likely N-dealkylation sites (tertiary alicyclic amines) is 2. The van der Waals surface area contributed by atoms with Crippen molar-refractivity contribution in [1.29, 1.82) is 0 Å². The molecule has 3 fully saturated rings. The van der Waals surface area contributed by atoms with Crippen molar-refractivity contribution in [3.05, 3.63) is 30.1 Å². The molecule has 14 heteroatoms. The van der Waals surface area contributed by atoms with Crippen LogP contribution in [0.25, 0.3) is 0 Å². The topological polar surface area (TPSA) is 103 Å². The van der Waals surface area contributed by atoms with E-state index in [1.165, 1.54) is 44.6 Å². The van der Waals surface area contributed by atoms with Crippen molar-refractivity contribution in [2.24, 2.45) is 11.8 Å². The summed E-state index contributed by atoms with van der Waals surface area (Å²) in [5, 5.41) is 14.2. The fourth-order valence-electron chi connectivity index (χ4n) is 4.35. The average molecular weight is 515 g/mol. The first-order chi connectivity index (χ1) is 16.3. The van der Waals surface area contributed by atoms with Gasteiger partial charge >= 0.3 is 24.3 Å². The molecule has 0 spiro atoms. The van der Waals surface area contributed by atoms with E-state index in [1.807, 2.05) is 18.5 Å². The molecule has 2 atom stereocenters. The van der Waals surface area contributed by atoms with Gasteiger partial charge in [0.1, 0.15) is 0 Å². The number of ether oxygens (including phenoxy) is 1. The summed E-state index contributed by atoms with van der Waals surface area (Å²) in [7, 11) is 0. The predicted molar refractivity (Wildman–Crippen MR) is 109 cm³/mol. The molecule has 8 nitrogen and oxygen atoms in total. The van der Waals surface area contributed by atoms with Crippen molar-refractivity contribution in [2.45, 2.75) is 37.8 Å². The summed E-state index contributed by atoms with van der Waals surface area (Å²) in [6, 6.07) is 5.02. The molecular weight excluding hydrogens is 488 g/mol. The van der Waals surface area contributed by atoms with Gasteiger partial charge < -0.3 is 14.9 Å². The van der Waals surface area contributed by atoms with Gasteiger partial charge in [-0.2, -0.15) is 26.3 Å². The minimum Gasteiger partial charge on any atom is -0.475 e. The van der Waals surface area contributed by atoms with Gasteiger partial charge in [0.25, 0.3) is 0 Å². The summed E-state index contributed by atoms with van der Waals surface area (Å²) in [5.41, 5.74) is 1.35. The van der Waals surface area contributed by atoms with Crippen molar-refractivity contribution < 1.29 is 50.9 Å². The lowest BCUT2D eigenvalue weighted by Gasteiger charge is -2.32. The van der Waals surface area contributed by atoms with Crippen molar-refractivity contribution in [1.82, 2.24) is 14.8 Å². The van der Waals surface area contributed by atoms with Gasteiger partial charge in [-0.1, -0.05) is 6.07 Å². The standard InChI is InChI=1S/C17H25N3O.2C2HF3O2/c1-2-14(8-18-5-1)9-19-10-15-12-20(13-16(15)11-19)17-3-6-21-7-4-17;2*3-2(4,5)1(6)7/h1-2,5,8,15-17H,3-4,6-7,9-13H2;2*(H,6,7)/t15-,16+;;. The molecule has 3 aliphatic heterocycles. The van der Waals surface area contributed by atoms with Gasteiger partial charge in [-0.3, -0.25) is 14.8 Å². The number of alkyl halides is 6. The van der Waals surface area contributed by atoms with Crippen molar-refractivity contribution in [3.8, 4) is 0 Å². The van der Waals surface area contributed by atoms with Crippen LogP contribution in [0, 0.1) is 11.8 Å². The van der Waals surface area contributed by atoms with E-state index in [1.54, 1.807) is 0 Å². The average Bonchev–Trinajstić information content (AvgIpc) is 3.33. The van der Waals surface area contributed by atoms with Gasteiger partial charge in [-0.15, -0.1) is 0 Å². The Kier molecular flexibility index (Phi) is 10.3. The first-order valence-corrected chi connectivity index (χ1v) is 10.8. The molecule has 1 aromatic rings. The highest BCUT2D eigenvalue weighted by atomic mass is 19.4. The summed E-state index contributed by atoms with van der Waals surface area (Å²) in [4.78, 5) is 27.4. The SMILES string of the molecule is O=C(O)C(F)(F)F.O=C(O)C(F)(F)F.c1cncc(CN2C[C@@H]3CN(C4CCOCC4)C[C@@H]3C2)c1. The summed E-state index contributed by atoms with van der Waals surface area (Å²) in [5.74, 6) is -3.76. The Morgan fingerprint density at radius 2 is 1.43 bits per heavy atom. The maximum atomic E-state index is 10.6. The summed E-state index contributed by atoms with van der Waals surface area (Å²) < 4.78 is 69.0. The fourth-order valence-corrected chi connectivity index (χ4v) is 4.35. The number of halogens is 6. The lowest BCUT2D eigenvalue weighted by Crippen LogP contribution is -2.39. The molecule has 3 aliphatic rings. The lowest BCUT2D eigenvalue weighted by molar-refractivity contribution is -0.193. The second-order valence-electron chi connectivity index (χ2n) is 8.48. The van der Waals surface area contributed by atoms with Gasteiger partial charge in [0.05, 0.1) is 0 Å². The van der Waals surface area contributed by atoms with Crippen LogP contribution in [0.2, 0.25) is 0 Å². The molecule has 3 saturated heterocycles. The molecule has 0 aliphatic carbocycles. The molecule has 0 radical (unpaired) electrons. The summed E-state index contributed by atoms with van der Waals surface area (Å²) >= 11 is 0. The third-order valence-electron chi connectivity index (χ3n) is 5.91. The fraction of sp³-hybridized carbons (Fsp3) is 0.667. The van der Waals surface area contributed by atoms with E-state index in [0.29, 0.717) is 0 Å². The van der Waals surface area contributed by atoms with Gasteiger partial charge in [-0.25, -0.2) is 9.59 Å². The smallest absolute Gasteiger partial charge is 0.475 e. The molecule has 4 heterocycles. The zero-order chi connectivity index (χ0) is 26.2. The number of rotatable bonds is 3. The van der Waals surface area contributed by atoms with E-state index < -0.39 is 24.3 Å². The molecule has 0 saturated carbocycles. The van der Waals surface area contributed by atoms with Gasteiger partial charge in [0, 0.05) is 64.4 Å². The first-order valence-electron chi connectivity index (χ1n) is 10.8. The highest BCUT2D eigenvalue weighted by Gasteiger charge is 2.42. The van der Waals surface area contributed by atoms with Crippen molar-refractivity contribution in [3.63, 3.8) is 0 Å². The molecule has 0 amide bonds. The zero-order valence-corrected chi connectivity index (χ0v) is 18.6. The maximum absolute atomic E-state index is 10.6. The van der Waals surface area contributed by atoms with Crippen molar-refractivity contribution >= 4 is 11.9 Å². The van der Waals surface area contributed by atoms with Crippen LogP contribution < -0.4 is 0 Å². The third-order valence-corrected chi connectivity index (χ3v) is 5.91. The summed E-state index contributed by atoms with van der Waals surface area (Å²) in [6.45, 7) is 8.13. The first kappa shape index (κ1) is 28.8. The number of hydrogen-bond donors (Lipinski definition) is 2. The van der Waals surface area contributed by atoms with Crippen LogP contribution in [-0.4, -0.2) is 94.7 Å². The molecular formula is C21H27F6N3O5. The largest absolute Gasteiger partial charge is 0.490 e. The Bertz CT molecular complexity index is 780. The second-order valence-corrected chi connectivity index (χ2v) is 8.48. The van der Waals surface area contributed by atoms with Crippen LogP contribution in [0.4, 0.5) is 26.3 Å². The minimum atomic E-state index is -5.08. The lowest BCUT2D eigenvalue weighted by atomic mass is 10.0. The van der Waals surface area contributed by atoms with E-state index in [0.717, 1.165) is 37.6 Å². The Hall–Kier alpha value is -2.45. The third kappa shape index (κ3) is 9.61. The Morgan fingerprint density at radius 1 is 0.943 bits per heavy atom. The highest BCUT2D eigenvalue weighted by Crippen LogP contribution is 2.34. The van der Waals surface area contributed by atoms with E-state index in [2.05, 4.69) is 20.9 Å². The molecule has 4 rings (SSSR count). The summed E-state index contributed by atoms with van der Waals surface area (Å²) in [6.07, 6.45) is -3.84. The molecule has 198 valence electrons. The molecule has 35 heavy (non-hydrogen) atoms. The van der Waals surface area contributed by atoms with E-state index in [-0.39, 0.29) is 0 Å². The van der Waals surface area contributed by atoms with Gasteiger partial charge in [0.2, 0.25) is 0 Å². The van der Waals surface area contributed by atoms with Crippen LogP contribution >= 0.6 is 0 Å². The molecule has 1 aromatic heterocycles.